The molecular weight excluding hydrogens is 314 g/mol. The van der Waals surface area contributed by atoms with Crippen LogP contribution in [0, 0.1) is 0 Å². The van der Waals surface area contributed by atoms with Crippen LogP contribution in [0.25, 0.3) is 16.4 Å². The van der Waals surface area contributed by atoms with Gasteiger partial charge in [0, 0.05) is 28.2 Å². The summed E-state index contributed by atoms with van der Waals surface area (Å²) < 4.78 is 7.07. The third kappa shape index (κ3) is 2.31. The number of fused-ring (bicyclic) bond motifs is 2. The van der Waals surface area contributed by atoms with Gasteiger partial charge in [-0.05, 0) is 18.2 Å². The fraction of sp³-hybridized carbons (Fsp3) is 0. The van der Waals surface area contributed by atoms with Crippen LogP contribution in [0.4, 0.5) is 0 Å². The fourth-order valence-corrected chi connectivity index (χ4v) is 2.68. The molecule has 0 spiro atoms. The smallest absolute Gasteiger partial charge is 0.349 e. The van der Waals surface area contributed by atoms with E-state index in [1.165, 1.54) is 10.7 Å². The molecule has 0 radical (unpaired) electrons. The van der Waals surface area contributed by atoms with Crippen LogP contribution >= 0.6 is 11.6 Å². The van der Waals surface area contributed by atoms with Gasteiger partial charge in [-0.25, -0.2) is 14.3 Å². The highest BCUT2D eigenvalue weighted by Crippen LogP contribution is 2.31. The minimum absolute atomic E-state index is 0.310. The lowest BCUT2D eigenvalue weighted by Crippen LogP contribution is -2.09. The summed E-state index contributed by atoms with van der Waals surface area (Å²) in [4.78, 5) is 16.6. The van der Waals surface area contributed by atoms with Gasteiger partial charge in [-0.2, -0.15) is 5.10 Å². The van der Waals surface area contributed by atoms with E-state index >= 15 is 0 Å². The van der Waals surface area contributed by atoms with E-state index < -0.39 is 5.97 Å². The second kappa shape index (κ2) is 5.37. The Kier molecular flexibility index (Phi) is 3.20. The number of ether oxygens (including phenoxy) is 1. The highest BCUT2D eigenvalue weighted by Gasteiger charge is 2.17. The number of hydrogen-bond acceptors (Lipinski definition) is 4. The van der Waals surface area contributed by atoms with E-state index in [1.54, 1.807) is 30.6 Å². The molecule has 0 saturated carbocycles. The molecule has 0 N–H and O–H groups in total. The van der Waals surface area contributed by atoms with Crippen LogP contribution in [0.1, 0.15) is 10.4 Å². The lowest BCUT2D eigenvalue weighted by Gasteiger charge is -2.08. The second-order valence-electron chi connectivity index (χ2n) is 4.93. The first-order chi connectivity index (χ1) is 11.2. The van der Waals surface area contributed by atoms with E-state index in [-0.39, 0.29) is 0 Å². The number of benzene rings is 2. The highest BCUT2D eigenvalue weighted by atomic mass is 35.5. The van der Waals surface area contributed by atoms with E-state index in [0.717, 1.165) is 10.8 Å². The third-order valence-electron chi connectivity index (χ3n) is 3.53. The van der Waals surface area contributed by atoms with Crippen LogP contribution in [-0.4, -0.2) is 20.6 Å². The first-order valence-electron chi connectivity index (χ1n) is 6.92. The van der Waals surface area contributed by atoms with E-state index in [1.807, 2.05) is 24.3 Å². The Bertz CT molecular complexity index is 1040. The van der Waals surface area contributed by atoms with Crippen LogP contribution in [-0.2, 0) is 0 Å². The summed E-state index contributed by atoms with van der Waals surface area (Å²) in [5, 5.41) is 6.31. The topological polar surface area (TPSA) is 56.5 Å². The number of rotatable bonds is 2. The number of nitrogens with zero attached hydrogens (tertiary/aromatic N) is 3. The molecule has 2 heterocycles. The van der Waals surface area contributed by atoms with Gasteiger partial charge in [0.25, 0.3) is 0 Å². The Morgan fingerprint density at radius 1 is 1.09 bits per heavy atom. The maximum atomic E-state index is 12.5. The van der Waals surface area contributed by atoms with Crippen molar-refractivity contribution in [2.24, 2.45) is 0 Å². The zero-order valence-electron chi connectivity index (χ0n) is 11.8. The van der Waals surface area contributed by atoms with Crippen molar-refractivity contribution >= 4 is 34.0 Å². The van der Waals surface area contributed by atoms with E-state index in [0.29, 0.717) is 22.0 Å². The highest BCUT2D eigenvalue weighted by molar-refractivity contribution is 6.35. The van der Waals surface area contributed by atoms with Crippen molar-refractivity contribution in [1.29, 1.82) is 0 Å². The monoisotopic (exact) mass is 323 g/mol. The van der Waals surface area contributed by atoms with Gasteiger partial charge in [0.1, 0.15) is 11.3 Å². The standard InChI is InChI=1S/C17H10ClN3O2/c18-14-6-7-15(12-5-2-1-4-11(12)14)23-17(22)13-10-20-21-9-3-8-19-16(13)21/h1-10H. The number of halogens is 1. The van der Waals surface area contributed by atoms with Crippen molar-refractivity contribution in [3.8, 4) is 5.75 Å². The van der Waals surface area contributed by atoms with E-state index in [4.69, 9.17) is 16.3 Å². The van der Waals surface area contributed by atoms with Gasteiger partial charge in [0.2, 0.25) is 0 Å². The SMILES string of the molecule is O=C(Oc1ccc(Cl)c2ccccc12)c1cnn2cccnc12. The van der Waals surface area contributed by atoms with Crippen molar-refractivity contribution in [2.75, 3.05) is 0 Å². The van der Waals surface area contributed by atoms with Crippen molar-refractivity contribution < 1.29 is 9.53 Å². The minimum atomic E-state index is -0.508. The van der Waals surface area contributed by atoms with Crippen LogP contribution in [0.2, 0.25) is 5.02 Å². The van der Waals surface area contributed by atoms with E-state index in [2.05, 4.69) is 10.1 Å². The molecule has 0 amide bonds. The molecule has 0 atom stereocenters. The lowest BCUT2D eigenvalue weighted by molar-refractivity contribution is 0.0739. The molecule has 0 unspecified atom stereocenters. The van der Waals surface area contributed by atoms with Crippen LogP contribution in [0.3, 0.4) is 0 Å². The lowest BCUT2D eigenvalue weighted by atomic mass is 10.1. The number of aromatic nitrogens is 3. The van der Waals surface area contributed by atoms with Crippen molar-refractivity contribution in [2.45, 2.75) is 0 Å². The van der Waals surface area contributed by atoms with Gasteiger partial charge < -0.3 is 4.74 Å². The average Bonchev–Trinajstić information content (AvgIpc) is 3.02. The Balaban J connectivity index is 1.76. The molecule has 0 aliphatic carbocycles. The first kappa shape index (κ1) is 13.7. The maximum absolute atomic E-state index is 12.5. The van der Waals surface area contributed by atoms with Crippen molar-refractivity contribution in [3.63, 3.8) is 0 Å². The summed E-state index contributed by atoms with van der Waals surface area (Å²) in [6.07, 6.45) is 4.77. The molecule has 0 aliphatic rings. The minimum Gasteiger partial charge on any atom is -0.422 e. The van der Waals surface area contributed by atoms with Crippen LogP contribution < -0.4 is 4.74 Å². The first-order valence-corrected chi connectivity index (χ1v) is 7.29. The average molecular weight is 324 g/mol. The number of carbonyl (C=O) groups excluding carboxylic acids is 1. The molecular formula is C17H10ClN3O2. The van der Waals surface area contributed by atoms with Crippen LogP contribution in [0.15, 0.2) is 61.1 Å². The number of esters is 1. The van der Waals surface area contributed by atoms with Gasteiger partial charge in [-0.3, -0.25) is 0 Å². The summed E-state index contributed by atoms with van der Waals surface area (Å²) in [5.74, 6) is -0.0588. The summed E-state index contributed by atoms with van der Waals surface area (Å²) in [6, 6.07) is 12.6. The largest absolute Gasteiger partial charge is 0.422 e. The number of carbonyl (C=O) groups is 1. The predicted octanol–water partition coefficient (Wildman–Crippen LogP) is 3.76. The Morgan fingerprint density at radius 2 is 1.91 bits per heavy atom. The summed E-state index contributed by atoms with van der Waals surface area (Å²) in [6.45, 7) is 0. The van der Waals surface area contributed by atoms with Crippen molar-refractivity contribution in [3.05, 3.63) is 71.6 Å². The molecule has 0 fully saturated rings. The van der Waals surface area contributed by atoms with Crippen molar-refractivity contribution in [1.82, 2.24) is 14.6 Å². The van der Waals surface area contributed by atoms with Gasteiger partial charge in [0.05, 0.1) is 6.20 Å². The van der Waals surface area contributed by atoms with E-state index in [9.17, 15) is 4.79 Å². The summed E-state index contributed by atoms with van der Waals surface area (Å²) >= 11 is 6.18. The Labute approximate surface area is 136 Å². The zero-order valence-corrected chi connectivity index (χ0v) is 12.6. The molecule has 0 bridgehead atoms. The molecule has 2 aromatic heterocycles. The van der Waals surface area contributed by atoms with Gasteiger partial charge >= 0.3 is 5.97 Å². The molecule has 23 heavy (non-hydrogen) atoms. The molecule has 0 saturated heterocycles. The molecule has 112 valence electrons. The summed E-state index contributed by atoms with van der Waals surface area (Å²) in [7, 11) is 0. The predicted molar refractivity (Wildman–Crippen MR) is 86.9 cm³/mol. The molecule has 4 rings (SSSR count). The Morgan fingerprint density at radius 3 is 2.78 bits per heavy atom. The fourth-order valence-electron chi connectivity index (χ4n) is 2.45. The Hall–Kier alpha value is -2.92. The van der Waals surface area contributed by atoms with Gasteiger partial charge in [0.15, 0.2) is 5.65 Å². The summed E-state index contributed by atoms with van der Waals surface area (Å²) in [5.41, 5.74) is 0.764. The third-order valence-corrected chi connectivity index (χ3v) is 3.86. The normalized spacial score (nSPS) is 11.0. The maximum Gasteiger partial charge on any atom is 0.349 e. The second-order valence-corrected chi connectivity index (χ2v) is 5.33. The molecule has 4 aromatic rings. The zero-order chi connectivity index (χ0) is 15.8. The molecule has 6 heteroatoms. The van der Waals surface area contributed by atoms with Gasteiger partial charge in [-0.15, -0.1) is 0 Å². The molecule has 5 nitrogen and oxygen atoms in total. The number of hydrogen-bond donors (Lipinski definition) is 0. The van der Waals surface area contributed by atoms with Gasteiger partial charge in [-0.1, -0.05) is 35.9 Å². The quantitative estimate of drug-likeness (QED) is 0.416. The van der Waals surface area contributed by atoms with Crippen LogP contribution in [0.5, 0.6) is 5.75 Å². The molecule has 2 aromatic carbocycles. The molecule has 0 aliphatic heterocycles.